The van der Waals surface area contributed by atoms with Gasteiger partial charge in [0.2, 0.25) is 0 Å². The van der Waals surface area contributed by atoms with E-state index in [0.717, 1.165) is 25.3 Å². The van der Waals surface area contributed by atoms with Gasteiger partial charge in [-0.05, 0) is 40.0 Å². The van der Waals surface area contributed by atoms with Crippen LogP contribution in [0.4, 0.5) is 0 Å². The minimum atomic E-state index is 0.838. The van der Waals surface area contributed by atoms with Crippen LogP contribution in [0.3, 0.4) is 0 Å². The van der Waals surface area contributed by atoms with Gasteiger partial charge in [0.05, 0.1) is 12.2 Å². The fraction of sp³-hybridized carbons (Fsp3) is 0.364. The van der Waals surface area contributed by atoms with Crippen LogP contribution in [0.15, 0.2) is 28.2 Å². The topological polar surface area (TPSA) is 29.9 Å². The minimum absolute atomic E-state index is 0.838. The Kier molecular flexibility index (Phi) is 4.15. The second-order valence-corrected chi connectivity index (χ2v) is 5.33. The van der Waals surface area contributed by atoms with Crippen molar-refractivity contribution < 1.29 is 0 Å². The Labute approximate surface area is 108 Å². The van der Waals surface area contributed by atoms with E-state index in [2.05, 4.69) is 50.8 Å². The van der Waals surface area contributed by atoms with Gasteiger partial charge in [-0.15, -0.1) is 11.3 Å². The predicted molar refractivity (Wildman–Crippen MR) is 70.7 cm³/mol. The van der Waals surface area contributed by atoms with E-state index in [0.29, 0.717) is 0 Å². The Hall–Kier alpha value is -0.650. The molecule has 0 fully saturated rings. The van der Waals surface area contributed by atoms with Crippen LogP contribution in [-0.4, -0.2) is 16.3 Å². The summed E-state index contributed by atoms with van der Waals surface area (Å²) in [6.07, 6.45) is 2.03. The zero-order valence-electron chi connectivity index (χ0n) is 9.11. The Morgan fingerprint density at radius 1 is 1.50 bits per heavy atom. The third kappa shape index (κ3) is 2.93. The molecule has 16 heavy (non-hydrogen) atoms. The predicted octanol–water partition coefficient (Wildman–Crippen LogP) is 2.86. The number of aromatic nitrogens is 2. The molecule has 0 aliphatic heterocycles. The Morgan fingerprint density at radius 3 is 3.06 bits per heavy atom. The first-order chi connectivity index (χ1) is 7.79. The summed E-state index contributed by atoms with van der Waals surface area (Å²) >= 11 is 5.28. The van der Waals surface area contributed by atoms with Gasteiger partial charge in [-0.25, -0.2) is 0 Å². The van der Waals surface area contributed by atoms with E-state index in [1.54, 1.807) is 11.3 Å². The quantitative estimate of drug-likeness (QED) is 0.920. The Bertz CT molecular complexity index is 450. The zero-order valence-corrected chi connectivity index (χ0v) is 11.5. The van der Waals surface area contributed by atoms with Crippen LogP contribution in [0.25, 0.3) is 0 Å². The van der Waals surface area contributed by atoms with Crippen molar-refractivity contribution in [2.45, 2.75) is 20.0 Å². The second-order valence-electron chi connectivity index (χ2n) is 3.48. The molecule has 0 saturated heterocycles. The molecule has 0 aliphatic carbocycles. The summed E-state index contributed by atoms with van der Waals surface area (Å²) in [5.41, 5.74) is 1.09. The number of thiophene rings is 1. The van der Waals surface area contributed by atoms with Crippen LogP contribution in [0.2, 0.25) is 0 Å². The molecule has 86 valence electrons. The molecule has 0 bridgehead atoms. The average molecular weight is 300 g/mol. The van der Waals surface area contributed by atoms with Gasteiger partial charge in [0, 0.05) is 22.1 Å². The SMILES string of the molecule is CCNCc1ccn(Cc2sccc2Br)n1. The second kappa shape index (κ2) is 5.61. The largest absolute Gasteiger partial charge is 0.311 e. The van der Waals surface area contributed by atoms with Crippen molar-refractivity contribution >= 4 is 27.3 Å². The monoisotopic (exact) mass is 299 g/mol. The molecule has 2 aromatic rings. The highest BCUT2D eigenvalue weighted by Crippen LogP contribution is 2.23. The lowest BCUT2D eigenvalue weighted by Gasteiger charge is -2.00. The van der Waals surface area contributed by atoms with E-state index in [-0.39, 0.29) is 0 Å². The average Bonchev–Trinajstić information content (AvgIpc) is 2.87. The molecule has 0 unspecified atom stereocenters. The summed E-state index contributed by atoms with van der Waals surface area (Å²) in [6, 6.07) is 4.13. The molecule has 0 aliphatic rings. The Balaban J connectivity index is 2.00. The highest BCUT2D eigenvalue weighted by Gasteiger charge is 2.03. The molecule has 0 atom stereocenters. The molecule has 0 radical (unpaired) electrons. The summed E-state index contributed by atoms with van der Waals surface area (Å²) in [5, 5.41) is 9.86. The maximum Gasteiger partial charge on any atom is 0.0763 e. The highest BCUT2D eigenvalue weighted by atomic mass is 79.9. The highest BCUT2D eigenvalue weighted by molar-refractivity contribution is 9.10. The van der Waals surface area contributed by atoms with Crippen molar-refractivity contribution in [3.63, 3.8) is 0 Å². The van der Waals surface area contributed by atoms with E-state index in [1.165, 1.54) is 9.35 Å². The van der Waals surface area contributed by atoms with Crippen LogP contribution >= 0.6 is 27.3 Å². The molecule has 0 aromatic carbocycles. The third-order valence-corrected chi connectivity index (χ3v) is 4.16. The smallest absolute Gasteiger partial charge is 0.0763 e. The van der Waals surface area contributed by atoms with Gasteiger partial charge < -0.3 is 5.32 Å². The van der Waals surface area contributed by atoms with Crippen molar-refractivity contribution in [3.8, 4) is 0 Å². The zero-order chi connectivity index (χ0) is 11.4. The molecule has 2 rings (SSSR count). The van der Waals surface area contributed by atoms with Crippen molar-refractivity contribution in [2.24, 2.45) is 0 Å². The molecule has 2 aromatic heterocycles. The molecule has 0 spiro atoms. The molecular weight excluding hydrogens is 286 g/mol. The number of halogens is 1. The number of nitrogens with zero attached hydrogens (tertiary/aromatic N) is 2. The number of nitrogens with one attached hydrogen (secondary N) is 1. The molecular formula is C11H14BrN3S. The molecule has 2 heterocycles. The van der Waals surface area contributed by atoms with Gasteiger partial charge in [0.15, 0.2) is 0 Å². The van der Waals surface area contributed by atoms with Crippen LogP contribution in [0.5, 0.6) is 0 Å². The first-order valence-electron chi connectivity index (χ1n) is 5.24. The van der Waals surface area contributed by atoms with Crippen molar-refractivity contribution in [2.75, 3.05) is 6.54 Å². The first kappa shape index (κ1) is 11.8. The van der Waals surface area contributed by atoms with E-state index in [4.69, 9.17) is 0 Å². The molecule has 5 heteroatoms. The summed E-state index contributed by atoms with van der Waals surface area (Å²) in [7, 11) is 0. The fourth-order valence-electron chi connectivity index (χ4n) is 1.42. The standard InChI is InChI=1S/C11H14BrN3S/c1-2-13-7-9-3-5-15(14-9)8-11-10(12)4-6-16-11/h3-6,13H,2,7-8H2,1H3. The summed E-state index contributed by atoms with van der Waals surface area (Å²) in [4.78, 5) is 1.30. The van der Waals surface area contributed by atoms with Gasteiger partial charge >= 0.3 is 0 Å². The van der Waals surface area contributed by atoms with Gasteiger partial charge in [-0.3, -0.25) is 4.68 Å². The van der Waals surface area contributed by atoms with Crippen LogP contribution in [0, 0.1) is 0 Å². The lowest BCUT2D eigenvalue weighted by Crippen LogP contribution is -2.12. The lowest BCUT2D eigenvalue weighted by molar-refractivity contribution is 0.648. The normalized spacial score (nSPS) is 10.9. The Morgan fingerprint density at radius 2 is 2.38 bits per heavy atom. The van der Waals surface area contributed by atoms with E-state index < -0.39 is 0 Å². The number of hydrogen-bond donors (Lipinski definition) is 1. The maximum absolute atomic E-state index is 4.50. The maximum atomic E-state index is 4.50. The van der Waals surface area contributed by atoms with Crippen molar-refractivity contribution in [1.29, 1.82) is 0 Å². The van der Waals surface area contributed by atoms with Crippen LogP contribution in [-0.2, 0) is 13.1 Å². The van der Waals surface area contributed by atoms with Crippen LogP contribution in [0.1, 0.15) is 17.5 Å². The molecule has 1 N–H and O–H groups in total. The minimum Gasteiger partial charge on any atom is -0.311 e. The molecule has 0 amide bonds. The van der Waals surface area contributed by atoms with Gasteiger partial charge in [-0.1, -0.05) is 6.92 Å². The van der Waals surface area contributed by atoms with Crippen molar-refractivity contribution in [1.82, 2.24) is 15.1 Å². The van der Waals surface area contributed by atoms with Crippen LogP contribution < -0.4 is 5.32 Å². The number of hydrogen-bond acceptors (Lipinski definition) is 3. The van der Waals surface area contributed by atoms with E-state index in [1.807, 2.05) is 10.9 Å². The van der Waals surface area contributed by atoms with E-state index >= 15 is 0 Å². The fourth-order valence-corrected chi connectivity index (χ4v) is 2.89. The summed E-state index contributed by atoms with van der Waals surface area (Å²) < 4.78 is 3.14. The van der Waals surface area contributed by atoms with Crippen molar-refractivity contribution in [3.05, 3.63) is 38.8 Å². The lowest BCUT2D eigenvalue weighted by atomic mass is 10.4. The van der Waals surface area contributed by atoms with E-state index in [9.17, 15) is 0 Å². The third-order valence-electron chi connectivity index (χ3n) is 2.25. The summed E-state index contributed by atoms with van der Waals surface area (Å²) in [5.74, 6) is 0. The van der Waals surface area contributed by atoms with Gasteiger partial charge in [0.1, 0.15) is 0 Å². The van der Waals surface area contributed by atoms with Gasteiger partial charge in [-0.2, -0.15) is 5.10 Å². The summed E-state index contributed by atoms with van der Waals surface area (Å²) in [6.45, 7) is 4.75. The number of rotatable bonds is 5. The van der Waals surface area contributed by atoms with Gasteiger partial charge in [0.25, 0.3) is 0 Å². The molecule has 0 saturated carbocycles. The molecule has 3 nitrogen and oxygen atoms in total. The first-order valence-corrected chi connectivity index (χ1v) is 6.91.